The van der Waals surface area contributed by atoms with Crippen molar-refractivity contribution in [2.45, 2.75) is 6.04 Å². The van der Waals surface area contributed by atoms with Crippen LogP contribution in [0.2, 0.25) is 0 Å². The molecule has 1 atom stereocenters. The monoisotopic (exact) mass is 412 g/mol. The Labute approximate surface area is 139 Å². The van der Waals surface area contributed by atoms with E-state index in [2.05, 4.69) is 37.2 Å². The molecular formula is C15H14Br2N2O2. The first-order valence-electron chi connectivity index (χ1n) is 6.17. The number of nitrogens with one attached hydrogen (secondary N) is 1. The summed E-state index contributed by atoms with van der Waals surface area (Å²) in [5, 5.41) is 2.80. The lowest BCUT2D eigenvalue weighted by atomic mass is 10.1. The molecule has 1 amide bonds. The normalized spacial score (nSPS) is 11.8. The molecule has 0 saturated carbocycles. The number of rotatable bonds is 4. The molecule has 0 spiro atoms. The minimum Gasteiger partial charge on any atom is -0.495 e. The van der Waals surface area contributed by atoms with Crippen LogP contribution in [0.5, 0.6) is 5.75 Å². The topological polar surface area (TPSA) is 64.3 Å². The first-order chi connectivity index (χ1) is 10.0. The Bertz CT molecular complexity index is 648. The zero-order valence-corrected chi connectivity index (χ0v) is 14.4. The van der Waals surface area contributed by atoms with Gasteiger partial charge in [0.2, 0.25) is 5.91 Å². The Morgan fingerprint density at radius 2 is 1.86 bits per heavy atom. The van der Waals surface area contributed by atoms with Crippen molar-refractivity contribution in [1.29, 1.82) is 0 Å². The summed E-state index contributed by atoms with van der Waals surface area (Å²) in [4.78, 5) is 12.2. The molecule has 3 N–H and O–H groups in total. The van der Waals surface area contributed by atoms with Crippen molar-refractivity contribution in [2.75, 3.05) is 12.4 Å². The fourth-order valence-corrected chi connectivity index (χ4v) is 3.06. The zero-order valence-electron chi connectivity index (χ0n) is 11.3. The molecule has 0 aliphatic carbocycles. The molecule has 4 nitrogen and oxygen atoms in total. The number of hydrogen-bond donors (Lipinski definition) is 2. The fraction of sp³-hybridized carbons (Fsp3) is 0.133. The highest BCUT2D eigenvalue weighted by Crippen LogP contribution is 2.34. The first kappa shape index (κ1) is 16.0. The molecule has 0 fully saturated rings. The van der Waals surface area contributed by atoms with Gasteiger partial charge in [0, 0.05) is 10.5 Å². The molecule has 110 valence electrons. The van der Waals surface area contributed by atoms with Crippen molar-refractivity contribution < 1.29 is 9.53 Å². The number of amides is 1. The van der Waals surface area contributed by atoms with E-state index < -0.39 is 6.04 Å². The molecule has 2 rings (SSSR count). The van der Waals surface area contributed by atoms with Gasteiger partial charge in [0.05, 0.1) is 17.3 Å². The number of carbonyl (C=O) groups excluding carboxylic acids is 1. The molecule has 0 radical (unpaired) electrons. The van der Waals surface area contributed by atoms with E-state index in [0.717, 1.165) is 14.5 Å². The van der Waals surface area contributed by atoms with Gasteiger partial charge in [0.25, 0.3) is 0 Å². The summed E-state index contributed by atoms with van der Waals surface area (Å²) in [6.07, 6.45) is 0. The van der Waals surface area contributed by atoms with Gasteiger partial charge in [-0.25, -0.2) is 0 Å². The van der Waals surface area contributed by atoms with E-state index >= 15 is 0 Å². The third kappa shape index (κ3) is 3.84. The standard InChI is InChI=1S/C15H14Br2N2O2/c1-21-13-8-12(10(16)7-11(13)17)19-15(20)14(18)9-5-3-2-4-6-9/h2-8,14H,18H2,1H3,(H,19,20)/t14-/m1/s1. The van der Waals surface area contributed by atoms with Gasteiger partial charge in [0.15, 0.2) is 0 Å². The molecule has 0 aliphatic rings. The maximum absolute atomic E-state index is 12.2. The molecule has 0 bridgehead atoms. The highest BCUT2D eigenvalue weighted by Gasteiger charge is 2.17. The van der Waals surface area contributed by atoms with Gasteiger partial charge in [-0.05, 0) is 43.5 Å². The fourth-order valence-electron chi connectivity index (χ4n) is 1.80. The van der Waals surface area contributed by atoms with E-state index in [1.165, 1.54) is 0 Å². The summed E-state index contributed by atoms with van der Waals surface area (Å²) in [5.74, 6) is 0.341. The molecule has 6 heteroatoms. The van der Waals surface area contributed by atoms with E-state index in [0.29, 0.717) is 11.4 Å². The summed E-state index contributed by atoms with van der Waals surface area (Å²) in [5.41, 5.74) is 7.33. The Morgan fingerprint density at radius 3 is 2.48 bits per heavy atom. The average Bonchev–Trinajstić information content (AvgIpc) is 2.50. The Morgan fingerprint density at radius 1 is 1.19 bits per heavy atom. The van der Waals surface area contributed by atoms with E-state index in [-0.39, 0.29) is 5.91 Å². The van der Waals surface area contributed by atoms with Crippen molar-refractivity contribution in [3.8, 4) is 5.75 Å². The number of benzene rings is 2. The average molecular weight is 414 g/mol. The van der Waals surface area contributed by atoms with Gasteiger partial charge in [-0.2, -0.15) is 0 Å². The van der Waals surface area contributed by atoms with Gasteiger partial charge < -0.3 is 15.8 Å². The summed E-state index contributed by atoms with van der Waals surface area (Å²) in [7, 11) is 1.56. The molecule has 0 aromatic heterocycles. The molecule has 0 heterocycles. The van der Waals surface area contributed by atoms with Crippen LogP contribution in [0.15, 0.2) is 51.4 Å². The lowest BCUT2D eigenvalue weighted by Gasteiger charge is -2.15. The third-order valence-electron chi connectivity index (χ3n) is 2.94. The second-order valence-electron chi connectivity index (χ2n) is 4.34. The quantitative estimate of drug-likeness (QED) is 0.799. The summed E-state index contributed by atoms with van der Waals surface area (Å²) in [6, 6.07) is 12.0. The number of halogens is 2. The summed E-state index contributed by atoms with van der Waals surface area (Å²) >= 11 is 6.78. The molecule has 2 aromatic rings. The largest absolute Gasteiger partial charge is 0.495 e. The van der Waals surface area contributed by atoms with E-state index in [4.69, 9.17) is 10.5 Å². The summed E-state index contributed by atoms with van der Waals surface area (Å²) in [6.45, 7) is 0. The van der Waals surface area contributed by atoms with Crippen molar-refractivity contribution in [2.24, 2.45) is 5.73 Å². The lowest BCUT2D eigenvalue weighted by Crippen LogP contribution is -2.27. The van der Waals surface area contributed by atoms with E-state index in [1.807, 2.05) is 36.4 Å². The van der Waals surface area contributed by atoms with E-state index in [1.54, 1.807) is 13.2 Å². The predicted octanol–water partition coefficient (Wildman–Crippen LogP) is 3.86. The molecule has 21 heavy (non-hydrogen) atoms. The van der Waals surface area contributed by atoms with Gasteiger partial charge in [-0.15, -0.1) is 0 Å². The maximum atomic E-state index is 12.2. The minimum absolute atomic E-state index is 0.286. The molecule has 0 aliphatic heterocycles. The van der Waals surface area contributed by atoms with Crippen molar-refractivity contribution >= 4 is 43.5 Å². The highest BCUT2D eigenvalue weighted by molar-refractivity contribution is 9.11. The first-order valence-corrected chi connectivity index (χ1v) is 7.76. The number of nitrogens with two attached hydrogens (primary N) is 1. The van der Waals surface area contributed by atoms with Crippen LogP contribution < -0.4 is 15.8 Å². The van der Waals surface area contributed by atoms with Crippen LogP contribution in [0, 0.1) is 0 Å². The number of carbonyl (C=O) groups is 1. The van der Waals surface area contributed by atoms with Crippen LogP contribution in [-0.4, -0.2) is 13.0 Å². The van der Waals surface area contributed by atoms with Crippen LogP contribution in [0.1, 0.15) is 11.6 Å². The van der Waals surface area contributed by atoms with Crippen LogP contribution in [0.4, 0.5) is 5.69 Å². The zero-order chi connectivity index (χ0) is 15.4. The van der Waals surface area contributed by atoms with Gasteiger partial charge in [0.1, 0.15) is 11.8 Å². The van der Waals surface area contributed by atoms with Crippen molar-refractivity contribution in [3.05, 3.63) is 57.0 Å². The second-order valence-corrected chi connectivity index (χ2v) is 6.05. The van der Waals surface area contributed by atoms with Crippen molar-refractivity contribution in [1.82, 2.24) is 0 Å². The number of hydrogen-bond acceptors (Lipinski definition) is 3. The molecule has 0 saturated heterocycles. The van der Waals surface area contributed by atoms with Gasteiger partial charge in [-0.3, -0.25) is 4.79 Å². The maximum Gasteiger partial charge on any atom is 0.245 e. The van der Waals surface area contributed by atoms with Crippen LogP contribution in [-0.2, 0) is 4.79 Å². The summed E-state index contributed by atoms with van der Waals surface area (Å²) < 4.78 is 6.75. The molecular weight excluding hydrogens is 400 g/mol. The van der Waals surface area contributed by atoms with Crippen LogP contribution in [0.25, 0.3) is 0 Å². The van der Waals surface area contributed by atoms with Gasteiger partial charge >= 0.3 is 0 Å². The van der Waals surface area contributed by atoms with Crippen LogP contribution in [0.3, 0.4) is 0 Å². The van der Waals surface area contributed by atoms with Gasteiger partial charge in [-0.1, -0.05) is 30.3 Å². The van der Waals surface area contributed by atoms with Crippen molar-refractivity contribution in [3.63, 3.8) is 0 Å². The molecule has 0 unspecified atom stereocenters. The molecule has 2 aromatic carbocycles. The Hall–Kier alpha value is -1.37. The minimum atomic E-state index is -0.729. The lowest BCUT2D eigenvalue weighted by molar-refractivity contribution is -0.117. The van der Waals surface area contributed by atoms with Crippen LogP contribution >= 0.6 is 31.9 Å². The number of ether oxygens (including phenoxy) is 1. The third-order valence-corrected chi connectivity index (χ3v) is 4.22. The predicted molar refractivity (Wildman–Crippen MR) is 90.4 cm³/mol. The Kier molecular flexibility index (Phi) is 5.39. The SMILES string of the molecule is COc1cc(NC(=O)[C@H](N)c2ccccc2)c(Br)cc1Br. The highest BCUT2D eigenvalue weighted by atomic mass is 79.9. The Balaban J connectivity index is 2.20. The number of methoxy groups -OCH3 is 1. The smallest absolute Gasteiger partial charge is 0.245 e. The van der Waals surface area contributed by atoms with E-state index in [9.17, 15) is 4.79 Å². The number of anilines is 1. The second kappa shape index (κ2) is 7.06.